The lowest BCUT2D eigenvalue weighted by atomic mass is 10.1. The van der Waals surface area contributed by atoms with E-state index < -0.39 is 11.6 Å². The number of rotatable bonds is 8. The monoisotopic (exact) mass is 469 g/mol. The first-order valence-corrected chi connectivity index (χ1v) is 10.2. The Labute approximate surface area is 193 Å². The molecule has 0 spiro atoms. The van der Waals surface area contributed by atoms with E-state index in [9.17, 15) is 13.6 Å². The smallest absolute Gasteiger partial charge is 0.255 e. The van der Waals surface area contributed by atoms with Crippen molar-refractivity contribution in [3.63, 3.8) is 0 Å². The molecule has 3 aromatic carbocycles. The maximum absolute atomic E-state index is 13.7. The molecule has 6 nitrogen and oxygen atoms in total. The molecule has 0 unspecified atom stereocenters. The second kappa shape index (κ2) is 10.1. The lowest BCUT2D eigenvalue weighted by Gasteiger charge is -2.09. The van der Waals surface area contributed by atoms with E-state index in [4.69, 9.17) is 21.1 Å². The van der Waals surface area contributed by atoms with Gasteiger partial charge in [0.15, 0.2) is 18.3 Å². The fourth-order valence-electron chi connectivity index (χ4n) is 2.96. The number of nitrogens with one attached hydrogen (secondary N) is 1. The number of hydrogen-bond donors (Lipinski definition) is 1. The summed E-state index contributed by atoms with van der Waals surface area (Å²) in [5.41, 5.74) is 1.53. The maximum atomic E-state index is 13.7. The number of anilines is 1. The third-order valence-corrected chi connectivity index (χ3v) is 4.76. The van der Waals surface area contributed by atoms with Crippen molar-refractivity contribution in [3.8, 4) is 11.5 Å². The first kappa shape index (κ1) is 22.3. The fourth-order valence-corrected chi connectivity index (χ4v) is 3.14. The van der Waals surface area contributed by atoms with Crippen LogP contribution < -0.4 is 14.8 Å². The van der Waals surface area contributed by atoms with Crippen LogP contribution in [0.15, 0.2) is 79.1 Å². The second-order valence-corrected chi connectivity index (χ2v) is 7.45. The van der Waals surface area contributed by atoms with Crippen LogP contribution in [0.1, 0.15) is 15.9 Å². The highest BCUT2D eigenvalue weighted by molar-refractivity contribution is 6.30. The van der Waals surface area contributed by atoms with Gasteiger partial charge in [-0.3, -0.25) is 4.79 Å². The predicted octanol–water partition coefficient (Wildman–Crippen LogP) is 5.68. The van der Waals surface area contributed by atoms with Crippen LogP contribution in [0.4, 0.5) is 14.5 Å². The van der Waals surface area contributed by atoms with Gasteiger partial charge in [0.05, 0.1) is 18.1 Å². The van der Waals surface area contributed by atoms with Gasteiger partial charge in [-0.25, -0.2) is 13.5 Å². The van der Waals surface area contributed by atoms with E-state index in [0.29, 0.717) is 27.6 Å². The zero-order chi connectivity index (χ0) is 23.2. The Kier molecular flexibility index (Phi) is 6.85. The van der Waals surface area contributed by atoms with Gasteiger partial charge in [-0.2, -0.15) is 5.10 Å². The number of carbonyl (C=O) groups excluding carboxylic acids is 1. The summed E-state index contributed by atoms with van der Waals surface area (Å²) in [6.45, 7) is 0.158. The van der Waals surface area contributed by atoms with Gasteiger partial charge in [0.2, 0.25) is 0 Å². The first-order chi connectivity index (χ1) is 16.0. The average molecular weight is 470 g/mol. The Morgan fingerprint density at radius 3 is 2.70 bits per heavy atom. The minimum atomic E-state index is -0.791. The van der Waals surface area contributed by atoms with Crippen molar-refractivity contribution in [2.45, 2.75) is 13.3 Å². The molecule has 1 N–H and O–H groups in total. The summed E-state index contributed by atoms with van der Waals surface area (Å²) in [7, 11) is 0. The number of carbonyl (C=O) groups is 1. The van der Waals surface area contributed by atoms with Gasteiger partial charge < -0.3 is 14.8 Å². The Morgan fingerprint density at radius 2 is 1.88 bits per heavy atom. The number of nitrogens with zero attached hydrogens (tertiary/aromatic N) is 2. The summed E-state index contributed by atoms with van der Waals surface area (Å²) >= 11 is 5.93. The van der Waals surface area contributed by atoms with Crippen molar-refractivity contribution < 1.29 is 23.0 Å². The summed E-state index contributed by atoms with van der Waals surface area (Å²) in [6.07, 6.45) is 3.14. The minimum Gasteiger partial charge on any atom is -0.486 e. The molecule has 4 rings (SSSR count). The second-order valence-electron chi connectivity index (χ2n) is 7.02. The van der Waals surface area contributed by atoms with Crippen molar-refractivity contribution in [2.75, 3.05) is 5.32 Å². The molecule has 0 aliphatic carbocycles. The molecule has 9 heteroatoms. The minimum absolute atomic E-state index is 0.0163. The van der Waals surface area contributed by atoms with Gasteiger partial charge in [-0.1, -0.05) is 29.8 Å². The molecular weight excluding hydrogens is 452 g/mol. The fraction of sp³-hybridized carbons (Fsp3) is 0.0833. The molecular formula is C24H18ClF2N3O3. The van der Waals surface area contributed by atoms with Gasteiger partial charge in [-0.05, 0) is 48.0 Å². The number of ether oxygens (including phenoxy) is 2. The zero-order valence-electron chi connectivity index (χ0n) is 17.2. The van der Waals surface area contributed by atoms with E-state index in [1.807, 2.05) is 0 Å². The Morgan fingerprint density at radius 1 is 1.03 bits per heavy atom. The Balaban J connectivity index is 1.34. The topological polar surface area (TPSA) is 65.4 Å². The van der Waals surface area contributed by atoms with Crippen molar-refractivity contribution in [2.24, 2.45) is 0 Å². The molecule has 0 aliphatic rings. The third-order valence-electron chi connectivity index (χ3n) is 4.53. The molecule has 0 saturated heterocycles. The highest BCUT2D eigenvalue weighted by Gasteiger charge is 2.10. The zero-order valence-corrected chi connectivity index (χ0v) is 17.9. The molecule has 33 heavy (non-hydrogen) atoms. The molecule has 0 saturated carbocycles. The molecule has 0 bridgehead atoms. The quantitative estimate of drug-likeness (QED) is 0.360. The lowest BCUT2D eigenvalue weighted by Crippen LogP contribution is -2.12. The normalized spacial score (nSPS) is 10.6. The number of halogens is 3. The van der Waals surface area contributed by atoms with E-state index in [0.717, 1.165) is 12.1 Å². The van der Waals surface area contributed by atoms with Gasteiger partial charge in [0, 0.05) is 16.7 Å². The third kappa shape index (κ3) is 6.08. The van der Waals surface area contributed by atoms with Crippen LogP contribution in [0.3, 0.4) is 0 Å². The van der Waals surface area contributed by atoms with Crippen LogP contribution >= 0.6 is 11.6 Å². The van der Waals surface area contributed by atoms with Crippen LogP contribution in [-0.4, -0.2) is 15.7 Å². The number of hydrogen-bond acceptors (Lipinski definition) is 4. The molecule has 0 atom stereocenters. The van der Waals surface area contributed by atoms with E-state index in [-0.39, 0.29) is 25.0 Å². The van der Waals surface area contributed by atoms with Crippen LogP contribution in [0, 0.1) is 11.6 Å². The Bertz CT molecular complexity index is 1280. The van der Waals surface area contributed by atoms with E-state index in [1.165, 1.54) is 16.9 Å². The van der Waals surface area contributed by atoms with Crippen molar-refractivity contribution in [3.05, 3.63) is 107 Å². The van der Waals surface area contributed by atoms with Gasteiger partial charge in [-0.15, -0.1) is 0 Å². The summed E-state index contributed by atoms with van der Waals surface area (Å²) in [5.74, 6) is -1.29. The number of benzene rings is 3. The van der Waals surface area contributed by atoms with Crippen molar-refractivity contribution >= 4 is 23.2 Å². The molecule has 0 fully saturated rings. The predicted molar refractivity (Wildman–Crippen MR) is 119 cm³/mol. The van der Waals surface area contributed by atoms with E-state index >= 15 is 0 Å². The van der Waals surface area contributed by atoms with E-state index in [2.05, 4.69) is 10.4 Å². The Hall–Kier alpha value is -3.91. The van der Waals surface area contributed by atoms with Crippen LogP contribution in [-0.2, 0) is 13.3 Å². The van der Waals surface area contributed by atoms with Crippen molar-refractivity contribution in [1.29, 1.82) is 0 Å². The van der Waals surface area contributed by atoms with Crippen LogP contribution in [0.25, 0.3) is 0 Å². The SMILES string of the molecule is O=C(Nc1cnn(COc2cccc(Cl)c2)c1)c1cccc(COc2ccc(F)cc2F)c1. The summed E-state index contributed by atoms with van der Waals surface area (Å²) in [4.78, 5) is 12.6. The van der Waals surface area contributed by atoms with Crippen LogP contribution in [0.2, 0.25) is 5.02 Å². The molecule has 4 aromatic rings. The molecule has 168 valence electrons. The molecule has 0 radical (unpaired) electrons. The first-order valence-electron chi connectivity index (χ1n) is 9.85. The molecule has 1 amide bonds. The number of amides is 1. The summed E-state index contributed by atoms with van der Waals surface area (Å²) in [6, 6.07) is 16.8. The van der Waals surface area contributed by atoms with Crippen LogP contribution in [0.5, 0.6) is 11.5 Å². The lowest BCUT2D eigenvalue weighted by molar-refractivity contribution is 0.102. The highest BCUT2D eigenvalue weighted by atomic mass is 35.5. The van der Waals surface area contributed by atoms with Gasteiger partial charge in [0.1, 0.15) is 18.2 Å². The number of aromatic nitrogens is 2. The summed E-state index contributed by atoms with van der Waals surface area (Å²) < 4.78 is 39.3. The largest absolute Gasteiger partial charge is 0.486 e. The molecule has 1 aromatic heterocycles. The average Bonchev–Trinajstić information content (AvgIpc) is 3.24. The van der Waals surface area contributed by atoms with Crippen molar-refractivity contribution in [1.82, 2.24) is 9.78 Å². The van der Waals surface area contributed by atoms with Gasteiger partial charge >= 0.3 is 0 Å². The molecule has 0 aliphatic heterocycles. The molecule has 1 heterocycles. The highest BCUT2D eigenvalue weighted by Crippen LogP contribution is 2.20. The van der Waals surface area contributed by atoms with E-state index in [1.54, 1.807) is 54.7 Å². The van der Waals surface area contributed by atoms with Gasteiger partial charge in [0.25, 0.3) is 5.91 Å². The maximum Gasteiger partial charge on any atom is 0.255 e. The standard InChI is InChI=1S/C24H18ClF2N3O3/c25-18-5-2-6-21(10-18)33-15-30-13-20(12-28-30)29-24(31)17-4-1-3-16(9-17)14-32-23-8-7-19(26)11-22(23)27/h1-13H,14-15H2,(H,29,31). The summed E-state index contributed by atoms with van der Waals surface area (Å²) in [5, 5.41) is 7.48.